The number of halogens is 1. The first-order chi connectivity index (χ1) is 10.2. The molecule has 0 heterocycles. The smallest absolute Gasteiger partial charge is 0.122 e. The average molecular weight is 354 g/mol. The summed E-state index contributed by atoms with van der Waals surface area (Å²) in [6, 6.07) is 6.99. The van der Waals surface area contributed by atoms with Crippen molar-refractivity contribution in [3.63, 3.8) is 0 Å². The zero-order chi connectivity index (χ0) is 15.1. The van der Waals surface area contributed by atoms with E-state index >= 15 is 0 Å². The Morgan fingerprint density at radius 3 is 2.57 bits per heavy atom. The fourth-order valence-corrected chi connectivity index (χ4v) is 3.39. The predicted molar refractivity (Wildman–Crippen MR) is 93.2 cm³/mol. The summed E-state index contributed by atoms with van der Waals surface area (Å²) in [5.74, 6) is 1.50. The highest BCUT2D eigenvalue weighted by molar-refractivity contribution is 9.10. The second kappa shape index (κ2) is 8.79. The van der Waals surface area contributed by atoms with Crippen LogP contribution in [0.5, 0.6) is 5.75 Å². The summed E-state index contributed by atoms with van der Waals surface area (Å²) in [5.41, 5.74) is 1.28. The van der Waals surface area contributed by atoms with Crippen molar-refractivity contribution in [2.45, 2.75) is 64.3 Å². The van der Waals surface area contributed by atoms with Gasteiger partial charge >= 0.3 is 0 Å². The van der Waals surface area contributed by atoms with Gasteiger partial charge in [0.2, 0.25) is 0 Å². The van der Waals surface area contributed by atoms with Gasteiger partial charge in [-0.25, -0.2) is 0 Å². The normalized spacial score (nSPS) is 17.0. The standard InChI is InChI=1S/C18H28BrNO/c1-14(2)17-13-15(19)9-10-18(17)21-12-11-20-16-7-5-3-4-6-8-16/h9-10,13-14,16,20H,3-8,11-12H2,1-2H3. The van der Waals surface area contributed by atoms with Crippen LogP contribution in [0.2, 0.25) is 0 Å². The molecule has 1 aliphatic carbocycles. The van der Waals surface area contributed by atoms with Gasteiger partial charge in [0.15, 0.2) is 0 Å². The van der Waals surface area contributed by atoms with Gasteiger partial charge in [0.1, 0.15) is 12.4 Å². The van der Waals surface area contributed by atoms with E-state index in [1.54, 1.807) is 0 Å². The van der Waals surface area contributed by atoms with Gasteiger partial charge in [0.25, 0.3) is 0 Å². The summed E-state index contributed by atoms with van der Waals surface area (Å²) >= 11 is 3.54. The summed E-state index contributed by atoms with van der Waals surface area (Å²) in [6.45, 7) is 6.10. The van der Waals surface area contributed by atoms with Gasteiger partial charge in [-0.05, 0) is 42.5 Å². The van der Waals surface area contributed by atoms with Crippen LogP contribution in [0.25, 0.3) is 0 Å². The van der Waals surface area contributed by atoms with Crippen molar-refractivity contribution in [2.24, 2.45) is 0 Å². The highest BCUT2D eigenvalue weighted by atomic mass is 79.9. The molecule has 21 heavy (non-hydrogen) atoms. The quantitative estimate of drug-likeness (QED) is 0.555. The number of nitrogens with one attached hydrogen (secondary N) is 1. The largest absolute Gasteiger partial charge is 0.492 e. The Kier molecular flexibility index (Phi) is 7.05. The van der Waals surface area contributed by atoms with Gasteiger partial charge in [-0.3, -0.25) is 0 Å². The predicted octanol–water partition coefficient (Wildman–Crippen LogP) is 5.26. The lowest BCUT2D eigenvalue weighted by molar-refractivity contribution is 0.297. The van der Waals surface area contributed by atoms with Gasteiger partial charge in [-0.1, -0.05) is 55.5 Å². The molecule has 0 aliphatic heterocycles. The zero-order valence-corrected chi connectivity index (χ0v) is 14.9. The number of hydrogen-bond donors (Lipinski definition) is 1. The molecule has 1 aromatic rings. The van der Waals surface area contributed by atoms with Crippen molar-refractivity contribution in [2.75, 3.05) is 13.2 Å². The Labute approximate surface area is 137 Å². The Morgan fingerprint density at radius 1 is 1.19 bits per heavy atom. The van der Waals surface area contributed by atoms with E-state index in [2.05, 4.69) is 53.3 Å². The molecule has 118 valence electrons. The molecule has 1 saturated carbocycles. The minimum Gasteiger partial charge on any atom is -0.492 e. The Balaban J connectivity index is 1.78. The second-order valence-electron chi connectivity index (χ2n) is 6.33. The highest BCUT2D eigenvalue weighted by Gasteiger charge is 2.12. The molecule has 1 aromatic carbocycles. The van der Waals surface area contributed by atoms with Gasteiger partial charge in [-0.15, -0.1) is 0 Å². The van der Waals surface area contributed by atoms with E-state index in [1.165, 1.54) is 44.1 Å². The van der Waals surface area contributed by atoms with E-state index in [-0.39, 0.29) is 0 Å². The molecule has 1 fully saturated rings. The first-order valence-corrected chi connectivity index (χ1v) is 9.11. The van der Waals surface area contributed by atoms with Crippen LogP contribution in [0.3, 0.4) is 0 Å². The number of rotatable bonds is 6. The number of benzene rings is 1. The van der Waals surface area contributed by atoms with Crippen LogP contribution in [0.1, 0.15) is 63.9 Å². The van der Waals surface area contributed by atoms with Crippen LogP contribution in [-0.2, 0) is 0 Å². The molecule has 0 saturated heterocycles. The molecular formula is C18H28BrNO. The van der Waals surface area contributed by atoms with Crippen molar-refractivity contribution in [1.29, 1.82) is 0 Å². The van der Waals surface area contributed by atoms with Crippen molar-refractivity contribution in [3.8, 4) is 5.75 Å². The molecule has 2 rings (SSSR count). The van der Waals surface area contributed by atoms with E-state index in [4.69, 9.17) is 4.74 Å². The van der Waals surface area contributed by atoms with Crippen LogP contribution in [-0.4, -0.2) is 19.2 Å². The third-order valence-corrected chi connectivity index (χ3v) is 4.73. The van der Waals surface area contributed by atoms with Crippen molar-refractivity contribution < 1.29 is 4.74 Å². The summed E-state index contributed by atoms with van der Waals surface area (Å²) in [7, 11) is 0. The van der Waals surface area contributed by atoms with Crippen LogP contribution in [0.15, 0.2) is 22.7 Å². The summed E-state index contributed by atoms with van der Waals surface area (Å²) in [5, 5.41) is 3.66. The molecule has 0 radical (unpaired) electrons. The molecule has 1 N–H and O–H groups in total. The Morgan fingerprint density at radius 2 is 1.90 bits per heavy atom. The van der Waals surface area contributed by atoms with Crippen molar-refractivity contribution in [3.05, 3.63) is 28.2 Å². The average Bonchev–Trinajstić information content (AvgIpc) is 2.73. The zero-order valence-electron chi connectivity index (χ0n) is 13.3. The Bertz CT molecular complexity index is 425. The first kappa shape index (κ1) is 16.8. The molecule has 0 amide bonds. The summed E-state index contributed by atoms with van der Waals surface area (Å²) < 4.78 is 7.11. The van der Waals surface area contributed by atoms with Gasteiger partial charge in [-0.2, -0.15) is 0 Å². The lowest BCUT2D eigenvalue weighted by atomic mass is 10.0. The topological polar surface area (TPSA) is 21.3 Å². The van der Waals surface area contributed by atoms with Crippen LogP contribution >= 0.6 is 15.9 Å². The second-order valence-corrected chi connectivity index (χ2v) is 7.24. The molecule has 0 atom stereocenters. The fraction of sp³-hybridized carbons (Fsp3) is 0.667. The van der Waals surface area contributed by atoms with Crippen LogP contribution in [0.4, 0.5) is 0 Å². The van der Waals surface area contributed by atoms with E-state index in [1.807, 2.05) is 0 Å². The van der Waals surface area contributed by atoms with Crippen molar-refractivity contribution in [1.82, 2.24) is 5.32 Å². The first-order valence-electron chi connectivity index (χ1n) is 8.32. The Hall–Kier alpha value is -0.540. The fourth-order valence-electron chi connectivity index (χ4n) is 3.01. The molecule has 0 aromatic heterocycles. The molecular weight excluding hydrogens is 326 g/mol. The van der Waals surface area contributed by atoms with Gasteiger partial charge in [0, 0.05) is 17.1 Å². The maximum absolute atomic E-state index is 5.99. The van der Waals surface area contributed by atoms with Gasteiger partial charge in [0.05, 0.1) is 0 Å². The van der Waals surface area contributed by atoms with E-state index < -0.39 is 0 Å². The minimum absolute atomic E-state index is 0.479. The number of hydrogen-bond acceptors (Lipinski definition) is 2. The monoisotopic (exact) mass is 353 g/mol. The van der Waals surface area contributed by atoms with Gasteiger partial charge < -0.3 is 10.1 Å². The maximum atomic E-state index is 5.99. The minimum atomic E-state index is 0.479. The molecule has 2 nitrogen and oxygen atoms in total. The number of ether oxygens (including phenoxy) is 1. The summed E-state index contributed by atoms with van der Waals surface area (Å²) in [6.07, 6.45) is 8.23. The van der Waals surface area contributed by atoms with E-state index in [0.717, 1.165) is 23.4 Å². The highest BCUT2D eigenvalue weighted by Crippen LogP contribution is 2.29. The molecule has 1 aliphatic rings. The molecule has 0 unspecified atom stereocenters. The molecule has 0 spiro atoms. The van der Waals surface area contributed by atoms with Crippen molar-refractivity contribution >= 4 is 15.9 Å². The van der Waals surface area contributed by atoms with Crippen LogP contribution < -0.4 is 10.1 Å². The third-order valence-electron chi connectivity index (χ3n) is 4.24. The SMILES string of the molecule is CC(C)c1cc(Br)ccc1OCCNC1CCCCCC1. The summed E-state index contributed by atoms with van der Waals surface area (Å²) in [4.78, 5) is 0. The lowest BCUT2D eigenvalue weighted by Gasteiger charge is -2.18. The van der Waals surface area contributed by atoms with E-state index in [0.29, 0.717) is 12.0 Å². The van der Waals surface area contributed by atoms with Crippen LogP contribution in [0, 0.1) is 0 Å². The molecule has 3 heteroatoms. The maximum Gasteiger partial charge on any atom is 0.122 e. The van der Waals surface area contributed by atoms with E-state index in [9.17, 15) is 0 Å². The lowest BCUT2D eigenvalue weighted by Crippen LogP contribution is -2.32. The molecule has 0 bridgehead atoms. The third kappa shape index (κ3) is 5.63.